The van der Waals surface area contributed by atoms with Crippen LogP contribution in [0.2, 0.25) is 0 Å². The molecule has 0 atom stereocenters. The van der Waals surface area contributed by atoms with Gasteiger partial charge in [-0.05, 0) is 110 Å². The second-order valence-electron chi connectivity index (χ2n) is 14.1. The Morgan fingerprint density at radius 3 is 2.27 bits per heavy atom. The van der Waals surface area contributed by atoms with Crippen LogP contribution in [-0.4, -0.2) is 79.4 Å². The summed E-state index contributed by atoms with van der Waals surface area (Å²) in [4.78, 5) is 20.0. The van der Waals surface area contributed by atoms with Crippen molar-refractivity contribution in [3.05, 3.63) is 65.9 Å². The average Bonchev–Trinajstić information content (AvgIpc) is 3.04. The standard InChI is InChI=1S/C37H47N5O3/c1-4-45-32-7-5-6-29(19-32)30-8-9-31(34(20-30)44-3)24-41-12-14-42(15-13-41)35-11-10-33(38-39-35)36(43)40(2)25-37-21-26-16-27(22-37)18-28(17-26)23-37/h5-11,19-20,26-28H,4,12-18,21-25H2,1-3H3. The normalized spacial score (nSPS) is 25.8. The van der Waals surface area contributed by atoms with Gasteiger partial charge in [-0.1, -0.05) is 24.3 Å². The molecule has 1 saturated heterocycles. The van der Waals surface area contributed by atoms with Crippen LogP contribution in [0.3, 0.4) is 0 Å². The second-order valence-corrected chi connectivity index (χ2v) is 14.1. The third kappa shape index (κ3) is 6.39. The molecule has 8 heteroatoms. The number of aromatic nitrogens is 2. The topological polar surface area (TPSA) is 71.0 Å². The summed E-state index contributed by atoms with van der Waals surface area (Å²) in [6, 6.07) is 18.5. The molecule has 4 saturated carbocycles. The monoisotopic (exact) mass is 609 g/mol. The van der Waals surface area contributed by atoms with E-state index in [0.29, 0.717) is 17.7 Å². The zero-order valence-electron chi connectivity index (χ0n) is 27.1. The van der Waals surface area contributed by atoms with Crippen LogP contribution in [0.25, 0.3) is 11.1 Å². The first-order valence-corrected chi connectivity index (χ1v) is 16.9. The summed E-state index contributed by atoms with van der Waals surface area (Å²) in [5, 5.41) is 8.91. The lowest BCUT2D eigenvalue weighted by atomic mass is 9.49. The molecule has 238 valence electrons. The van der Waals surface area contributed by atoms with Gasteiger partial charge in [-0.15, -0.1) is 10.2 Å². The molecule has 1 amide bonds. The van der Waals surface area contributed by atoms with Crippen molar-refractivity contribution in [1.82, 2.24) is 20.0 Å². The zero-order valence-corrected chi connectivity index (χ0v) is 27.1. The number of hydrogen-bond acceptors (Lipinski definition) is 7. The largest absolute Gasteiger partial charge is 0.496 e. The Hall–Kier alpha value is -3.65. The summed E-state index contributed by atoms with van der Waals surface area (Å²) >= 11 is 0. The maximum atomic E-state index is 13.4. The van der Waals surface area contributed by atoms with Gasteiger partial charge in [0.1, 0.15) is 11.5 Å². The highest BCUT2D eigenvalue weighted by atomic mass is 16.5. The van der Waals surface area contributed by atoms with E-state index in [0.717, 1.165) is 85.5 Å². The minimum Gasteiger partial charge on any atom is -0.496 e. The van der Waals surface area contributed by atoms with Crippen molar-refractivity contribution in [3.8, 4) is 22.6 Å². The van der Waals surface area contributed by atoms with E-state index in [-0.39, 0.29) is 5.91 Å². The van der Waals surface area contributed by atoms with E-state index >= 15 is 0 Å². The summed E-state index contributed by atoms with van der Waals surface area (Å²) in [5.74, 6) is 5.27. The maximum Gasteiger partial charge on any atom is 0.274 e. The molecular formula is C37H47N5O3. The van der Waals surface area contributed by atoms with Crippen LogP contribution in [0, 0.1) is 23.2 Å². The van der Waals surface area contributed by atoms with Crippen molar-refractivity contribution in [3.63, 3.8) is 0 Å². The van der Waals surface area contributed by atoms with Crippen molar-refractivity contribution in [2.75, 3.05) is 58.4 Å². The van der Waals surface area contributed by atoms with Crippen LogP contribution in [0.4, 0.5) is 5.82 Å². The van der Waals surface area contributed by atoms with Gasteiger partial charge < -0.3 is 19.3 Å². The first kappa shape index (κ1) is 30.0. The number of carbonyl (C=O) groups excluding carboxylic acids is 1. The number of benzene rings is 2. The van der Waals surface area contributed by atoms with Gasteiger partial charge in [0.05, 0.1) is 13.7 Å². The number of rotatable bonds is 10. The Balaban J connectivity index is 0.929. The Morgan fingerprint density at radius 1 is 0.911 bits per heavy atom. The lowest BCUT2D eigenvalue weighted by Crippen LogP contribution is -2.51. The van der Waals surface area contributed by atoms with Crippen molar-refractivity contribution in [1.29, 1.82) is 0 Å². The molecule has 4 aliphatic carbocycles. The molecule has 8 rings (SSSR count). The fourth-order valence-corrected chi connectivity index (χ4v) is 9.22. The van der Waals surface area contributed by atoms with Gasteiger partial charge in [-0.2, -0.15) is 0 Å². The third-order valence-corrected chi connectivity index (χ3v) is 10.8. The predicted octanol–water partition coefficient (Wildman–Crippen LogP) is 6.16. The lowest BCUT2D eigenvalue weighted by Gasteiger charge is -2.57. The summed E-state index contributed by atoms with van der Waals surface area (Å²) < 4.78 is 11.5. The molecule has 45 heavy (non-hydrogen) atoms. The summed E-state index contributed by atoms with van der Waals surface area (Å²) in [5.41, 5.74) is 4.18. The van der Waals surface area contributed by atoms with Crippen LogP contribution >= 0.6 is 0 Å². The van der Waals surface area contributed by atoms with Gasteiger partial charge in [0, 0.05) is 51.9 Å². The average molecular weight is 610 g/mol. The minimum atomic E-state index is -0.00317. The first-order chi connectivity index (χ1) is 21.9. The highest BCUT2D eigenvalue weighted by Crippen LogP contribution is 2.60. The van der Waals surface area contributed by atoms with Crippen molar-refractivity contribution in [2.24, 2.45) is 23.2 Å². The smallest absolute Gasteiger partial charge is 0.274 e. The highest BCUT2D eigenvalue weighted by Gasteiger charge is 2.51. The molecule has 0 unspecified atom stereocenters. The molecule has 4 bridgehead atoms. The van der Waals surface area contributed by atoms with E-state index in [9.17, 15) is 4.79 Å². The first-order valence-electron chi connectivity index (χ1n) is 16.9. The number of anilines is 1. The fourth-order valence-electron chi connectivity index (χ4n) is 9.22. The molecule has 1 aromatic heterocycles. The van der Waals surface area contributed by atoms with E-state index in [4.69, 9.17) is 9.47 Å². The Kier molecular flexibility index (Phi) is 8.42. The van der Waals surface area contributed by atoms with E-state index in [1.54, 1.807) is 7.11 Å². The van der Waals surface area contributed by atoms with E-state index in [1.165, 1.54) is 44.1 Å². The lowest BCUT2D eigenvalue weighted by molar-refractivity contribution is -0.0629. The minimum absolute atomic E-state index is 0.00317. The Labute approximate surface area is 267 Å². The predicted molar refractivity (Wildman–Crippen MR) is 177 cm³/mol. The summed E-state index contributed by atoms with van der Waals surface area (Å²) in [6.45, 7) is 7.88. The number of ether oxygens (including phenoxy) is 2. The quantitative estimate of drug-likeness (QED) is 0.273. The number of methoxy groups -OCH3 is 1. The van der Waals surface area contributed by atoms with Gasteiger partial charge >= 0.3 is 0 Å². The molecule has 5 fully saturated rings. The van der Waals surface area contributed by atoms with Crippen LogP contribution in [0.15, 0.2) is 54.6 Å². The molecule has 8 nitrogen and oxygen atoms in total. The van der Waals surface area contributed by atoms with Crippen LogP contribution in [0.5, 0.6) is 11.5 Å². The van der Waals surface area contributed by atoms with Gasteiger partial charge in [0.25, 0.3) is 5.91 Å². The molecule has 2 aromatic carbocycles. The number of nitrogens with zero attached hydrogens (tertiary/aromatic N) is 5. The van der Waals surface area contributed by atoms with Gasteiger partial charge in [0.15, 0.2) is 11.5 Å². The molecule has 5 aliphatic rings. The van der Waals surface area contributed by atoms with Crippen molar-refractivity contribution < 1.29 is 14.3 Å². The molecule has 0 N–H and O–H groups in total. The van der Waals surface area contributed by atoms with Gasteiger partial charge in [0.2, 0.25) is 0 Å². The van der Waals surface area contributed by atoms with E-state index in [1.807, 2.05) is 43.1 Å². The summed E-state index contributed by atoms with van der Waals surface area (Å²) in [7, 11) is 3.70. The molecule has 1 aliphatic heterocycles. The molecule has 3 aromatic rings. The Morgan fingerprint density at radius 2 is 1.62 bits per heavy atom. The van der Waals surface area contributed by atoms with Gasteiger partial charge in [-0.25, -0.2) is 0 Å². The van der Waals surface area contributed by atoms with Gasteiger partial charge in [-0.3, -0.25) is 9.69 Å². The number of carbonyl (C=O) groups is 1. The number of piperazine rings is 1. The van der Waals surface area contributed by atoms with Crippen LogP contribution in [-0.2, 0) is 6.54 Å². The van der Waals surface area contributed by atoms with Crippen LogP contribution in [0.1, 0.15) is 61.5 Å². The fraction of sp³-hybridized carbons (Fsp3) is 0.541. The molecular weight excluding hydrogens is 562 g/mol. The van der Waals surface area contributed by atoms with E-state index < -0.39 is 0 Å². The number of hydrogen-bond donors (Lipinski definition) is 0. The number of amides is 1. The molecule has 2 heterocycles. The van der Waals surface area contributed by atoms with Crippen molar-refractivity contribution >= 4 is 11.7 Å². The maximum absolute atomic E-state index is 13.4. The second kappa shape index (κ2) is 12.6. The highest BCUT2D eigenvalue weighted by molar-refractivity contribution is 5.92. The third-order valence-electron chi connectivity index (χ3n) is 10.8. The zero-order chi connectivity index (χ0) is 31.0. The van der Waals surface area contributed by atoms with E-state index in [2.05, 4.69) is 50.3 Å². The van der Waals surface area contributed by atoms with Crippen LogP contribution < -0.4 is 14.4 Å². The summed E-state index contributed by atoms with van der Waals surface area (Å²) in [6.07, 6.45) is 8.16. The molecule has 0 spiro atoms. The Bertz CT molecular complexity index is 1460. The molecule has 0 radical (unpaired) electrons. The SMILES string of the molecule is CCOc1cccc(-c2ccc(CN3CCN(c4ccc(C(=O)N(C)CC56CC7CC(CC(C7)C5)C6)nn4)CC3)c(OC)c2)c1. The van der Waals surface area contributed by atoms with Crippen molar-refractivity contribution in [2.45, 2.75) is 52.0 Å².